The zero-order valence-electron chi connectivity index (χ0n) is 46.6. The van der Waals surface area contributed by atoms with Crippen molar-refractivity contribution >= 4 is 17.9 Å². The van der Waals surface area contributed by atoms with Crippen molar-refractivity contribution in [3.05, 3.63) is 24.3 Å². The predicted molar refractivity (Wildman–Crippen MR) is 298 cm³/mol. The molecule has 0 bridgehead atoms. The molecule has 6 heteroatoms. The molecule has 406 valence electrons. The highest BCUT2D eigenvalue weighted by molar-refractivity contribution is 5.71. The Balaban J connectivity index is 4.34. The molecule has 0 N–H and O–H groups in total. The molecule has 0 aliphatic heterocycles. The van der Waals surface area contributed by atoms with Gasteiger partial charge in [-0.2, -0.15) is 0 Å². The Morgan fingerprint density at radius 2 is 0.478 bits per heavy atom. The second kappa shape index (κ2) is 58.5. The maximum atomic E-state index is 12.9. The highest BCUT2D eigenvalue weighted by atomic mass is 16.6. The van der Waals surface area contributed by atoms with E-state index < -0.39 is 6.10 Å². The molecule has 0 saturated carbocycles. The molecule has 0 rings (SSSR count). The Morgan fingerprint density at radius 3 is 0.725 bits per heavy atom. The van der Waals surface area contributed by atoms with Crippen LogP contribution in [0.1, 0.15) is 342 Å². The quantitative estimate of drug-likeness (QED) is 0.0261. The normalized spacial score (nSPS) is 12.1. The maximum absolute atomic E-state index is 12.9. The van der Waals surface area contributed by atoms with E-state index in [0.29, 0.717) is 19.3 Å². The molecule has 0 aliphatic carbocycles. The highest BCUT2D eigenvalue weighted by Gasteiger charge is 2.19. The SMILES string of the molecule is CCCCCCCCC=CCCCCCCCCCC(=O)OC[C@@H](COC(=O)CCCCCCCCCCCCCCCCCCC)OC(=O)CCCCCCCCCC=CCCCCCCCC. The summed E-state index contributed by atoms with van der Waals surface area (Å²) in [5, 5.41) is 0. The Hall–Kier alpha value is -2.11. The molecular formula is C63H118O6. The van der Waals surface area contributed by atoms with Crippen LogP contribution in [0.15, 0.2) is 24.3 Å². The first-order chi connectivity index (χ1) is 34.0. The molecular weight excluding hydrogens is 853 g/mol. The van der Waals surface area contributed by atoms with E-state index in [1.807, 2.05) is 0 Å². The molecule has 0 radical (unpaired) electrons. The average molecular weight is 972 g/mol. The smallest absolute Gasteiger partial charge is 0.306 e. The Morgan fingerprint density at radius 1 is 0.275 bits per heavy atom. The molecule has 0 aromatic rings. The van der Waals surface area contributed by atoms with Gasteiger partial charge in [0.1, 0.15) is 13.2 Å². The Labute approximate surface area is 430 Å². The second-order valence-corrected chi connectivity index (χ2v) is 21.0. The summed E-state index contributed by atoms with van der Waals surface area (Å²) in [4.78, 5) is 38.2. The van der Waals surface area contributed by atoms with E-state index in [1.54, 1.807) is 0 Å². The average Bonchev–Trinajstić information content (AvgIpc) is 3.35. The zero-order chi connectivity index (χ0) is 50.0. The van der Waals surface area contributed by atoms with Gasteiger partial charge in [0.25, 0.3) is 0 Å². The van der Waals surface area contributed by atoms with Crippen molar-refractivity contribution in [1.82, 2.24) is 0 Å². The number of carbonyl (C=O) groups excluding carboxylic acids is 3. The van der Waals surface area contributed by atoms with Crippen LogP contribution < -0.4 is 0 Å². The second-order valence-electron chi connectivity index (χ2n) is 21.0. The lowest BCUT2D eigenvalue weighted by atomic mass is 10.0. The minimum atomic E-state index is -0.772. The van der Waals surface area contributed by atoms with Crippen molar-refractivity contribution in [2.45, 2.75) is 348 Å². The van der Waals surface area contributed by atoms with Crippen LogP contribution in [0.3, 0.4) is 0 Å². The number of esters is 3. The van der Waals surface area contributed by atoms with Crippen molar-refractivity contribution in [3.8, 4) is 0 Å². The molecule has 0 saturated heterocycles. The van der Waals surface area contributed by atoms with Gasteiger partial charge in [-0.05, 0) is 70.6 Å². The minimum absolute atomic E-state index is 0.0695. The van der Waals surface area contributed by atoms with E-state index in [0.717, 1.165) is 57.8 Å². The first kappa shape index (κ1) is 66.9. The fraction of sp³-hybridized carbons (Fsp3) is 0.889. The number of hydrogen-bond donors (Lipinski definition) is 0. The van der Waals surface area contributed by atoms with Gasteiger partial charge in [-0.15, -0.1) is 0 Å². The third-order valence-corrected chi connectivity index (χ3v) is 13.9. The van der Waals surface area contributed by atoms with Crippen LogP contribution in [0.4, 0.5) is 0 Å². The van der Waals surface area contributed by atoms with Crippen LogP contribution in [-0.4, -0.2) is 37.2 Å². The monoisotopic (exact) mass is 971 g/mol. The summed E-state index contributed by atoms with van der Waals surface area (Å²) in [5.74, 6) is -0.854. The molecule has 1 atom stereocenters. The number of unbranched alkanes of at least 4 members (excludes halogenated alkanes) is 42. The van der Waals surface area contributed by atoms with Crippen molar-refractivity contribution in [2.75, 3.05) is 13.2 Å². The van der Waals surface area contributed by atoms with Crippen LogP contribution in [0.5, 0.6) is 0 Å². The maximum Gasteiger partial charge on any atom is 0.306 e. The van der Waals surface area contributed by atoms with Gasteiger partial charge in [0.2, 0.25) is 0 Å². The largest absolute Gasteiger partial charge is 0.462 e. The lowest BCUT2D eigenvalue weighted by Crippen LogP contribution is -2.30. The van der Waals surface area contributed by atoms with Crippen LogP contribution in [0, 0.1) is 0 Å². The number of ether oxygens (including phenoxy) is 3. The van der Waals surface area contributed by atoms with Gasteiger partial charge in [-0.25, -0.2) is 0 Å². The number of carbonyl (C=O) groups is 3. The summed E-state index contributed by atoms with van der Waals surface area (Å²) >= 11 is 0. The lowest BCUT2D eigenvalue weighted by molar-refractivity contribution is -0.167. The van der Waals surface area contributed by atoms with Gasteiger partial charge in [-0.1, -0.05) is 276 Å². The number of hydrogen-bond acceptors (Lipinski definition) is 6. The topological polar surface area (TPSA) is 78.9 Å². The standard InChI is InChI=1S/C63H118O6/c1-4-7-10-13-16-19-22-25-28-31-34-37-40-43-46-49-52-55-61(64)67-58-60(69-63(66)57-54-51-48-45-42-39-36-33-30-27-24-21-18-15-12-9-6-3)59-68-62(65)56-53-50-47-44-41-38-35-32-29-26-23-20-17-14-11-8-5-2/h25,27-28,30,60H,4-24,26,29,31-59H2,1-3H3/t60-/m0/s1. The van der Waals surface area contributed by atoms with Gasteiger partial charge in [0, 0.05) is 19.3 Å². The summed E-state index contributed by atoms with van der Waals surface area (Å²) < 4.78 is 16.9. The number of rotatable bonds is 57. The van der Waals surface area contributed by atoms with Crippen LogP contribution in [0.2, 0.25) is 0 Å². The van der Waals surface area contributed by atoms with E-state index in [-0.39, 0.29) is 31.1 Å². The molecule has 0 heterocycles. The van der Waals surface area contributed by atoms with Gasteiger partial charge >= 0.3 is 17.9 Å². The van der Waals surface area contributed by atoms with Crippen molar-refractivity contribution in [1.29, 1.82) is 0 Å². The molecule has 0 aromatic carbocycles. The van der Waals surface area contributed by atoms with Crippen LogP contribution in [0.25, 0.3) is 0 Å². The lowest BCUT2D eigenvalue weighted by Gasteiger charge is -2.18. The first-order valence-corrected chi connectivity index (χ1v) is 30.8. The van der Waals surface area contributed by atoms with Crippen molar-refractivity contribution in [2.24, 2.45) is 0 Å². The van der Waals surface area contributed by atoms with Crippen molar-refractivity contribution in [3.63, 3.8) is 0 Å². The van der Waals surface area contributed by atoms with E-state index >= 15 is 0 Å². The molecule has 0 spiro atoms. The molecule has 6 nitrogen and oxygen atoms in total. The molecule has 0 unspecified atom stereocenters. The summed E-state index contributed by atoms with van der Waals surface area (Å²) in [6.45, 7) is 6.68. The highest BCUT2D eigenvalue weighted by Crippen LogP contribution is 2.17. The summed E-state index contributed by atoms with van der Waals surface area (Å²) in [5.41, 5.74) is 0. The summed E-state index contributed by atoms with van der Waals surface area (Å²) in [6, 6.07) is 0. The molecule has 0 aliphatic rings. The number of allylic oxidation sites excluding steroid dienone is 4. The third-order valence-electron chi connectivity index (χ3n) is 13.9. The summed E-state index contributed by atoms with van der Waals surface area (Å²) in [7, 11) is 0. The van der Waals surface area contributed by atoms with Gasteiger partial charge in [0.15, 0.2) is 6.10 Å². The molecule has 69 heavy (non-hydrogen) atoms. The predicted octanol–water partition coefficient (Wildman–Crippen LogP) is 20.7. The molecule has 0 amide bonds. The Kier molecular flexibility index (Phi) is 56.7. The van der Waals surface area contributed by atoms with E-state index in [9.17, 15) is 14.4 Å². The van der Waals surface area contributed by atoms with Gasteiger partial charge in [0.05, 0.1) is 0 Å². The minimum Gasteiger partial charge on any atom is -0.462 e. The van der Waals surface area contributed by atoms with E-state index in [2.05, 4.69) is 45.1 Å². The van der Waals surface area contributed by atoms with Gasteiger partial charge in [-0.3, -0.25) is 14.4 Å². The third kappa shape index (κ3) is 56.7. The van der Waals surface area contributed by atoms with E-state index in [4.69, 9.17) is 14.2 Å². The van der Waals surface area contributed by atoms with E-state index in [1.165, 1.54) is 244 Å². The van der Waals surface area contributed by atoms with Crippen LogP contribution in [-0.2, 0) is 28.6 Å². The molecule has 0 fully saturated rings. The molecule has 0 aromatic heterocycles. The zero-order valence-corrected chi connectivity index (χ0v) is 46.6. The fourth-order valence-corrected chi connectivity index (χ4v) is 9.26. The fourth-order valence-electron chi connectivity index (χ4n) is 9.26. The van der Waals surface area contributed by atoms with Crippen molar-refractivity contribution < 1.29 is 28.6 Å². The van der Waals surface area contributed by atoms with Crippen LogP contribution >= 0.6 is 0 Å². The first-order valence-electron chi connectivity index (χ1n) is 30.8. The van der Waals surface area contributed by atoms with Gasteiger partial charge < -0.3 is 14.2 Å². The summed E-state index contributed by atoms with van der Waals surface area (Å²) in [6.07, 6.45) is 68.8. The Bertz CT molecular complexity index is 1110.